The smallest absolute Gasteiger partial charge is 0.271 e. The zero-order chi connectivity index (χ0) is 15.5. The second kappa shape index (κ2) is 6.28. The van der Waals surface area contributed by atoms with E-state index in [-0.39, 0.29) is 4.21 Å². The van der Waals surface area contributed by atoms with Gasteiger partial charge >= 0.3 is 0 Å². The summed E-state index contributed by atoms with van der Waals surface area (Å²) in [6.45, 7) is 3.62. The molecule has 1 aromatic heterocycles. The summed E-state index contributed by atoms with van der Waals surface area (Å²) in [6.07, 6.45) is 0.807. The Labute approximate surface area is 128 Å². The van der Waals surface area contributed by atoms with Gasteiger partial charge in [0.15, 0.2) is 0 Å². The van der Waals surface area contributed by atoms with E-state index in [0.29, 0.717) is 17.0 Å². The molecule has 7 heteroatoms. The van der Waals surface area contributed by atoms with Crippen LogP contribution >= 0.6 is 11.3 Å². The Morgan fingerprint density at radius 3 is 2.71 bits per heavy atom. The monoisotopic (exact) mass is 324 g/mol. The van der Waals surface area contributed by atoms with E-state index in [9.17, 15) is 8.42 Å². The van der Waals surface area contributed by atoms with Crippen molar-refractivity contribution in [1.82, 2.24) is 0 Å². The van der Waals surface area contributed by atoms with Crippen LogP contribution in [0, 0.1) is 0 Å². The zero-order valence-electron chi connectivity index (χ0n) is 11.7. The largest absolute Gasteiger partial charge is 0.411 e. The van der Waals surface area contributed by atoms with Crippen molar-refractivity contribution in [3.05, 3.63) is 46.8 Å². The van der Waals surface area contributed by atoms with Gasteiger partial charge in [0.2, 0.25) is 0 Å². The van der Waals surface area contributed by atoms with Crippen molar-refractivity contribution in [3.8, 4) is 0 Å². The first-order valence-corrected chi connectivity index (χ1v) is 8.67. The number of hydrogen-bond donors (Lipinski definition) is 2. The van der Waals surface area contributed by atoms with Crippen LogP contribution < -0.4 is 4.72 Å². The number of aryl methyl sites for hydroxylation is 1. The molecule has 0 aliphatic rings. The number of hydrogen-bond acceptors (Lipinski definition) is 5. The van der Waals surface area contributed by atoms with Crippen molar-refractivity contribution in [3.63, 3.8) is 0 Å². The van der Waals surface area contributed by atoms with Gasteiger partial charge in [-0.1, -0.05) is 24.2 Å². The van der Waals surface area contributed by atoms with Gasteiger partial charge in [-0.3, -0.25) is 4.72 Å². The van der Waals surface area contributed by atoms with Crippen molar-refractivity contribution < 1.29 is 13.6 Å². The molecule has 112 valence electrons. The van der Waals surface area contributed by atoms with Crippen LogP contribution in [-0.2, 0) is 16.4 Å². The predicted octanol–water partition coefficient (Wildman–Crippen LogP) is 3.31. The Hall–Kier alpha value is -1.86. The molecule has 0 saturated carbocycles. The van der Waals surface area contributed by atoms with Crippen molar-refractivity contribution in [1.29, 1.82) is 0 Å². The lowest BCUT2D eigenvalue weighted by Gasteiger charge is -2.07. The number of sulfonamides is 1. The second-order valence-corrected chi connectivity index (χ2v) is 7.52. The zero-order valence-corrected chi connectivity index (χ0v) is 13.3. The van der Waals surface area contributed by atoms with Gasteiger partial charge in [-0.25, -0.2) is 8.42 Å². The molecule has 2 rings (SSSR count). The molecular weight excluding hydrogens is 308 g/mol. The average molecular weight is 324 g/mol. The van der Waals surface area contributed by atoms with E-state index in [1.165, 1.54) is 11.3 Å². The van der Waals surface area contributed by atoms with Crippen molar-refractivity contribution >= 4 is 32.8 Å². The second-order valence-electron chi connectivity index (χ2n) is 4.45. The first kappa shape index (κ1) is 15.5. The fraction of sp³-hybridized carbons (Fsp3) is 0.214. The number of benzene rings is 1. The lowest BCUT2D eigenvalue weighted by atomic mass is 10.1. The fourth-order valence-electron chi connectivity index (χ4n) is 1.76. The molecule has 0 amide bonds. The van der Waals surface area contributed by atoms with E-state index in [0.717, 1.165) is 11.3 Å². The van der Waals surface area contributed by atoms with Gasteiger partial charge in [0.25, 0.3) is 10.0 Å². The number of nitrogens with zero attached hydrogens (tertiary/aromatic N) is 1. The van der Waals surface area contributed by atoms with Gasteiger partial charge in [-0.05, 0) is 37.6 Å². The summed E-state index contributed by atoms with van der Waals surface area (Å²) in [5.41, 5.74) is 1.50. The molecule has 1 aromatic carbocycles. The van der Waals surface area contributed by atoms with E-state index in [1.54, 1.807) is 37.3 Å². The maximum atomic E-state index is 12.3. The summed E-state index contributed by atoms with van der Waals surface area (Å²) < 4.78 is 27.4. The van der Waals surface area contributed by atoms with Crippen molar-refractivity contribution in [2.75, 3.05) is 4.72 Å². The first-order chi connectivity index (χ1) is 9.96. The molecule has 5 nitrogen and oxygen atoms in total. The number of rotatable bonds is 5. The summed E-state index contributed by atoms with van der Waals surface area (Å²) in [5.74, 6) is 0. The normalized spacial score (nSPS) is 12.4. The minimum Gasteiger partial charge on any atom is -0.411 e. The highest BCUT2D eigenvalue weighted by molar-refractivity contribution is 7.94. The van der Waals surface area contributed by atoms with Crippen LogP contribution in [0.2, 0.25) is 0 Å². The summed E-state index contributed by atoms with van der Waals surface area (Å²) in [6, 6.07) is 10.1. The van der Waals surface area contributed by atoms with Gasteiger partial charge in [0, 0.05) is 16.1 Å². The minimum absolute atomic E-state index is 0.289. The molecule has 0 atom stereocenters. The molecule has 0 radical (unpaired) electrons. The molecule has 2 aromatic rings. The highest BCUT2D eigenvalue weighted by Crippen LogP contribution is 2.24. The third-order valence-corrected chi connectivity index (χ3v) is 6.04. The van der Waals surface area contributed by atoms with Crippen molar-refractivity contribution in [2.24, 2.45) is 5.16 Å². The Balaban J connectivity index is 2.28. The standard InChI is InChI=1S/C14H16N2O3S2/c1-3-13-7-8-14(20-13)21(18,19)16-12-6-4-5-11(9-12)10(2)15-17/h4-9,16-17H,3H2,1-2H3. The van der Waals surface area contributed by atoms with E-state index in [4.69, 9.17) is 5.21 Å². The lowest BCUT2D eigenvalue weighted by molar-refractivity contribution is 0.319. The predicted molar refractivity (Wildman–Crippen MR) is 84.9 cm³/mol. The molecule has 0 aliphatic carbocycles. The Morgan fingerprint density at radius 1 is 1.33 bits per heavy atom. The fourth-order valence-corrected chi connectivity index (χ4v) is 4.11. The van der Waals surface area contributed by atoms with E-state index >= 15 is 0 Å². The van der Waals surface area contributed by atoms with Gasteiger partial charge in [0.1, 0.15) is 4.21 Å². The van der Waals surface area contributed by atoms with Gasteiger partial charge in [-0.15, -0.1) is 11.3 Å². The topological polar surface area (TPSA) is 78.8 Å². The number of thiophene rings is 1. The van der Waals surface area contributed by atoms with Crippen LogP contribution in [0.5, 0.6) is 0 Å². The molecule has 0 fully saturated rings. The quantitative estimate of drug-likeness (QED) is 0.503. The number of nitrogens with one attached hydrogen (secondary N) is 1. The highest BCUT2D eigenvalue weighted by Gasteiger charge is 2.17. The van der Waals surface area contributed by atoms with Crippen LogP contribution in [0.4, 0.5) is 5.69 Å². The van der Waals surface area contributed by atoms with Gasteiger partial charge in [0.05, 0.1) is 5.71 Å². The SMILES string of the molecule is CCc1ccc(S(=O)(=O)Nc2cccc(C(C)=NO)c2)s1. The Morgan fingerprint density at radius 2 is 2.10 bits per heavy atom. The minimum atomic E-state index is -3.59. The average Bonchev–Trinajstić information content (AvgIpc) is 2.96. The van der Waals surface area contributed by atoms with Crippen LogP contribution in [0.25, 0.3) is 0 Å². The van der Waals surface area contributed by atoms with Crippen LogP contribution in [-0.4, -0.2) is 19.3 Å². The molecule has 21 heavy (non-hydrogen) atoms. The lowest BCUT2D eigenvalue weighted by Crippen LogP contribution is -2.11. The highest BCUT2D eigenvalue weighted by atomic mass is 32.2. The molecule has 0 bridgehead atoms. The Bertz CT molecular complexity index is 764. The molecule has 1 heterocycles. The van der Waals surface area contributed by atoms with Gasteiger partial charge < -0.3 is 5.21 Å². The maximum Gasteiger partial charge on any atom is 0.271 e. The van der Waals surface area contributed by atoms with E-state index in [2.05, 4.69) is 9.88 Å². The number of anilines is 1. The third-order valence-electron chi connectivity index (χ3n) is 2.93. The van der Waals surface area contributed by atoms with Crippen LogP contribution in [0.15, 0.2) is 45.8 Å². The maximum absolute atomic E-state index is 12.3. The van der Waals surface area contributed by atoms with Crippen molar-refractivity contribution in [2.45, 2.75) is 24.5 Å². The summed E-state index contributed by atoms with van der Waals surface area (Å²) >= 11 is 1.26. The first-order valence-electron chi connectivity index (χ1n) is 6.37. The molecule has 0 saturated heterocycles. The summed E-state index contributed by atoms with van der Waals surface area (Å²) in [7, 11) is -3.59. The Kier molecular flexibility index (Phi) is 4.64. The molecule has 2 N–H and O–H groups in total. The molecular formula is C14H16N2O3S2. The third kappa shape index (κ3) is 3.62. The molecule has 0 spiro atoms. The summed E-state index contributed by atoms with van der Waals surface area (Å²) in [5, 5.41) is 11.9. The molecule has 0 aliphatic heterocycles. The van der Waals surface area contributed by atoms with Crippen LogP contribution in [0.3, 0.4) is 0 Å². The molecule has 0 unspecified atom stereocenters. The van der Waals surface area contributed by atoms with Crippen LogP contribution in [0.1, 0.15) is 24.3 Å². The number of oxime groups is 1. The summed E-state index contributed by atoms with van der Waals surface area (Å²) in [4.78, 5) is 1.02. The van der Waals surface area contributed by atoms with E-state index < -0.39 is 10.0 Å². The van der Waals surface area contributed by atoms with Gasteiger partial charge in [-0.2, -0.15) is 0 Å². The van der Waals surface area contributed by atoms with E-state index in [1.807, 2.05) is 13.0 Å².